The Kier molecular flexibility index (Phi) is 6.05. The number of hydrogen-bond acceptors (Lipinski definition) is 6. The summed E-state index contributed by atoms with van der Waals surface area (Å²) in [6.45, 7) is 1.43. The van der Waals surface area contributed by atoms with E-state index in [1.807, 2.05) is 0 Å². The van der Waals surface area contributed by atoms with Gasteiger partial charge in [0.15, 0.2) is 6.61 Å². The molecule has 130 valence electrons. The lowest BCUT2D eigenvalue weighted by Crippen LogP contribution is -2.25. The lowest BCUT2D eigenvalue weighted by molar-refractivity contribution is -0.384. The van der Waals surface area contributed by atoms with E-state index in [0.29, 0.717) is 22.8 Å². The molecule has 0 aliphatic rings. The molecule has 0 fully saturated rings. The maximum atomic E-state index is 11.8. The largest absolute Gasteiger partial charge is 0.497 e. The number of amides is 1. The van der Waals surface area contributed by atoms with Crippen molar-refractivity contribution in [2.75, 3.05) is 13.7 Å². The number of hydrazone groups is 1. The van der Waals surface area contributed by atoms with Gasteiger partial charge in [-0.2, -0.15) is 5.10 Å². The van der Waals surface area contributed by atoms with Crippen LogP contribution in [-0.4, -0.2) is 30.3 Å². The van der Waals surface area contributed by atoms with Gasteiger partial charge in [0, 0.05) is 17.7 Å². The summed E-state index contributed by atoms with van der Waals surface area (Å²) in [7, 11) is 1.56. The monoisotopic (exact) mass is 343 g/mol. The number of carbonyl (C=O) groups excluding carboxylic acids is 1. The Balaban J connectivity index is 1.90. The fourth-order valence-electron chi connectivity index (χ4n) is 1.91. The Bertz CT molecular complexity index is 787. The maximum Gasteiger partial charge on any atom is 0.277 e. The van der Waals surface area contributed by atoms with Crippen LogP contribution in [0.5, 0.6) is 11.5 Å². The first kappa shape index (κ1) is 17.9. The molecule has 2 aromatic rings. The van der Waals surface area contributed by atoms with Crippen LogP contribution in [0.3, 0.4) is 0 Å². The number of nitrogens with one attached hydrogen (secondary N) is 1. The van der Waals surface area contributed by atoms with E-state index in [2.05, 4.69) is 10.5 Å². The number of benzene rings is 2. The van der Waals surface area contributed by atoms with Crippen molar-refractivity contribution in [3.8, 4) is 11.5 Å². The standard InChI is InChI=1S/C17H17N3O5/c1-12(13-4-3-5-14(10-13)20(22)23)18-19-17(21)11-25-16-8-6-15(24-2)7-9-16/h3-10H,11H2,1-2H3,(H,19,21). The van der Waals surface area contributed by atoms with Crippen LogP contribution in [-0.2, 0) is 4.79 Å². The molecule has 0 radical (unpaired) electrons. The summed E-state index contributed by atoms with van der Waals surface area (Å²) < 4.78 is 10.4. The Morgan fingerprint density at radius 2 is 1.88 bits per heavy atom. The van der Waals surface area contributed by atoms with Gasteiger partial charge in [0.25, 0.3) is 11.6 Å². The zero-order valence-electron chi connectivity index (χ0n) is 13.8. The molecule has 0 bridgehead atoms. The molecular formula is C17H17N3O5. The molecule has 8 nitrogen and oxygen atoms in total. The summed E-state index contributed by atoms with van der Waals surface area (Å²) in [6.07, 6.45) is 0. The summed E-state index contributed by atoms with van der Waals surface area (Å²) in [4.78, 5) is 22.1. The summed E-state index contributed by atoms with van der Waals surface area (Å²) in [5.41, 5.74) is 3.30. The Morgan fingerprint density at radius 3 is 2.52 bits per heavy atom. The van der Waals surface area contributed by atoms with Gasteiger partial charge < -0.3 is 9.47 Å². The van der Waals surface area contributed by atoms with Gasteiger partial charge in [-0.1, -0.05) is 12.1 Å². The molecule has 0 spiro atoms. The Labute approximate surface area is 144 Å². The molecule has 1 N–H and O–H groups in total. The molecule has 2 rings (SSSR count). The number of nitro benzene ring substituents is 1. The van der Waals surface area contributed by atoms with Crippen molar-refractivity contribution in [1.29, 1.82) is 0 Å². The summed E-state index contributed by atoms with van der Waals surface area (Å²) in [5.74, 6) is 0.768. The van der Waals surface area contributed by atoms with Crippen molar-refractivity contribution in [3.05, 3.63) is 64.2 Å². The fourth-order valence-corrected chi connectivity index (χ4v) is 1.91. The highest BCUT2D eigenvalue weighted by Crippen LogP contribution is 2.17. The zero-order valence-corrected chi connectivity index (χ0v) is 13.8. The topological polar surface area (TPSA) is 103 Å². The third-order valence-electron chi connectivity index (χ3n) is 3.25. The van der Waals surface area contributed by atoms with Crippen LogP contribution in [0.2, 0.25) is 0 Å². The number of carbonyl (C=O) groups is 1. The predicted molar refractivity (Wildman–Crippen MR) is 91.9 cm³/mol. The van der Waals surface area contributed by atoms with Crippen molar-refractivity contribution in [1.82, 2.24) is 5.43 Å². The first-order valence-corrected chi connectivity index (χ1v) is 7.34. The number of hydrogen-bond donors (Lipinski definition) is 1. The quantitative estimate of drug-likeness (QED) is 0.473. The van der Waals surface area contributed by atoms with E-state index in [1.165, 1.54) is 12.1 Å². The lowest BCUT2D eigenvalue weighted by Gasteiger charge is -2.06. The maximum absolute atomic E-state index is 11.8. The first-order chi connectivity index (χ1) is 12.0. The average molecular weight is 343 g/mol. The lowest BCUT2D eigenvalue weighted by atomic mass is 10.1. The highest BCUT2D eigenvalue weighted by molar-refractivity contribution is 5.99. The second-order valence-corrected chi connectivity index (χ2v) is 5.00. The second-order valence-electron chi connectivity index (χ2n) is 5.00. The highest BCUT2D eigenvalue weighted by atomic mass is 16.6. The van der Waals surface area contributed by atoms with Crippen LogP contribution in [0.1, 0.15) is 12.5 Å². The molecule has 0 saturated heterocycles. The molecule has 0 aliphatic carbocycles. The normalized spacial score (nSPS) is 10.9. The smallest absolute Gasteiger partial charge is 0.277 e. The zero-order chi connectivity index (χ0) is 18.2. The van der Waals surface area contributed by atoms with Gasteiger partial charge in [-0.3, -0.25) is 14.9 Å². The van der Waals surface area contributed by atoms with Crippen molar-refractivity contribution in [2.45, 2.75) is 6.92 Å². The molecule has 0 aliphatic heterocycles. The van der Waals surface area contributed by atoms with Crippen LogP contribution in [0, 0.1) is 10.1 Å². The third-order valence-corrected chi connectivity index (χ3v) is 3.25. The minimum absolute atomic E-state index is 0.0405. The van der Waals surface area contributed by atoms with Crippen molar-refractivity contribution in [3.63, 3.8) is 0 Å². The van der Waals surface area contributed by atoms with E-state index in [9.17, 15) is 14.9 Å². The molecule has 0 atom stereocenters. The van der Waals surface area contributed by atoms with Crippen LogP contribution in [0.25, 0.3) is 0 Å². The second kappa shape index (κ2) is 8.44. The molecule has 1 amide bonds. The predicted octanol–water partition coefficient (Wildman–Crippen LogP) is 2.52. The molecular weight excluding hydrogens is 326 g/mol. The van der Waals surface area contributed by atoms with Crippen molar-refractivity contribution in [2.24, 2.45) is 5.10 Å². The minimum atomic E-state index is -0.488. The van der Waals surface area contributed by atoms with Crippen molar-refractivity contribution < 1.29 is 19.2 Å². The number of ether oxygens (including phenoxy) is 2. The molecule has 25 heavy (non-hydrogen) atoms. The Hall–Kier alpha value is -3.42. The number of nitro groups is 1. The number of rotatable bonds is 7. The summed E-state index contributed by atoms with van der Waals surface area (Å²) in [6, 6.07) is 12.8. The van der Waals surface area contributed by atoms with E-state index in [1.54, 1.807) is 50.4 Å². The van der Waals surface area contributed by atoms with E-state index in [0.717, 1.165) is 0 Å². The first-order valence-electron chi connectivity index (χ1n) is 7.34. The van der Waals surface area contributed by atoms with Gasteiger partial charge >= 0.3 is 0 Å². The highest BCUT2D eigenvalue weighted by Gasteiger charge is 2.08. The van der Waals surface area contributed by atoms with Gasteiger partial charge in [0.2, 0.25) is 0 Å². The van der Waals surface area contributed by atoms with Crippen molar-refractivity contribution >= 4 is 17.3 Å². The summed E-state index contributed by atoms with van der Waals surface area (Å²) >= 11 is 0. The van der Waals surface area contributed by atoms with E-state index < -0.39 is 10.8 Å². The van der Waals surface area contributed by atoms with Crippen LogP contribution in [0.15, 0.2) is 53.6 Å². The van der Waals surface area contributed by atoms with E-state index in [-0.39, 0.29) is 12.3 Å². The summed E-state index contributed by atoms with van der Waals surface area (Å²) in [5, 5.41) is 14.7. The number of methoxy groups -OCH3 is 1. The molecule has 2 aromatic carbocycles. The van der Waals surface area contributed by atoms with Crippen LogP contribution in [0.4, 0.5) is 5.69 Å². The molecule has 8 heteroatoms. The number of non-ortho nitro benzene ring substituents is 1. The van der Waals surface area contributed by atoms with Gasteiger partial charge in [0.05, 0.1) is 17.7 Å². The molecule has 0 aromatic heterocycles. The van der Waals surface area contributed by atoms with Gasteiger partial charge in [0.1, 0.15) is 11.5 Å². The SMILES string of the molecule is COc1ccc(OCC(=O)NN=C(C)c2cccc([N+](=O)[O-])c2)cc1. The van der Waals surface area contributed by atoms with Gasteiger partial charge in [-0.25, -0.2) is 5.43 Å². The number of nitrogens with zero attached hydrogens (tertiary/aromatic N) is 2. The third kappa shape index (κ3) is 5.31. The average Bonchev–Trinajstić information content (AvgIpc) is 2.64. The molecule has 0 heterocycles. The Morgan fingerprint density at radius 1 is 1.20 bits per heavy atom. The van der Waals surface area contributed by atoms with E-state index >= 15 is 0 Å². The molecule has 0 saturated carbocycles. The fraction of sp³-hybridized carbons (Fsp3) is 0.176. The van der Waals surface area contributed by atoms with Crippen LogP contribution < -0.4 is 14.9 Å². The molecule has 0 unspecified atom stereocenters. The van der Waals surface area contributed by atoms with Gasteiger partial charge in [-0.15, -0.1) is 0 Å². The van der Waals surface area contributed by atoms with Gasteiger partial charge in [-0.05, 0) is 31.2 Å². The van der Waals surface area contributed by atoms with E-state index in [4.69, 9.17) is 9.47 Å². The van der Waals surface area contributed by atoms with Crippen LogP contribution >= 0.6 is 0 Å². The minimum Gasteiger partial charge on any atom is -0.497 e.